The molecule has 0 saturated heterocycles. The molecule has 0 fully saturated rings. The van der Waals surface area contributed by atoms with Crippen molar-refractivity contribution in [2.24, 2.45) is 0 Å². The van der Waals surface area contributed by atoms with Crippen molar-refractivity contribution in [2.75, 3.05) is 0 Å². The molecule has 0 aliphatic carbocycles. The summed E-state index contributed by atoms with van der Waals surface area (Å²) in [5, 5.41) is 59.0. The normalized spacial score (nSPS) is 5.05. The molecule has 0 spiro atoms. The fourth-order valence-corrected chi connectivity index (χ4v) is 0. The SMILES string of the molecule is O=[N+]([O-])[O-].O=[N+]([O-])[O-].O=[N+]([O-])[O-].O=[N+]([O-])[O-].[N].[N].[Pt+4]. The van der Waals surface area contributed by atoms with Crippen LogP contribution in [-0.4, -0.2) is 20.3 Å². The van der Waals surface area contributed by atoms with Gasteiger partial charge >= 0.3 is 21.1 Å². The van der Waals surface area contributed by atoms with Crippen LogP contribution in [-0.2, 0) is 21.1 Å². The molecule has 0 aromatic rings. The van der Waals surface area contributed by atoms with Gasteiger partial charge in [0.15, 0.2) is 0 Å². The van der Waals surface area contributed by atoms with Crippen LogP contribution >= 0.6 is 0 Å². The summed E-state index contributed by atoms with van der Waals surface area (Å²) in [5.74, 6) is 0. The first-order valence-corrected chi connectivity index (χ1v) is 2.19. The summed E-state index contributed by atoms with van der Waals surface area (Å²) in [7, 11) is 0. The average molecular weight is 471 g/mol. The maximum atomic E-state index is 8.25. The Morgan fingerprint density at radius 2 is 0.421 bits per heavy atom. The zero-order valence-corrected chi connectivity index (χ0v) is 10.2. The van der Waals surface area contributed by atoms with Gasteiger partial charge < -0.3 is 61.3 Å². The van der Waals surface area contributed by atoms with Crippen LogP contribution in [0.25, 0.3) is 0 Å². The second-order valence-electron chi connectivity index (χ2n) is 0.894. The van der Waals surface area contributed by atoms with Gasteiger partial charge in [-0.05, 0) is 0 Å². The largest absolute Gasteiger partial charge is 4.00 e. The predicted octanol–water partition coefficient (Wildman–Crippen LogP) is -1.92. The zero-order valence-electron chi connectivity index (χ0n) is 7.90. The number of hydrogen-bond acceptors (Lipinski definition) is 12. The Morgan fingerprint density at radius 3 is 0.421 bits per heavy atom. The Hall–Kier alpha value is -2.59. The first-order valence-electron chi connectivity index (χ1n) is 2.19. The summed E-state index contributed by atoms with van der Waals surface area (Å²) >= 11 is 0. The van der Waals surface area contributed by atoms with E-state index in [9.17, 15) is 0 Å². The van der Waals surface area contributed by atoms with E-state index in [4.69, 9.17) is 61.3 Å². The summed E-state index contributed by atoms with van der Waals surface area (Å²) in [6.45, 7) is 0. The van der Waals surface area contributed by atoms with E-state index in [1.807, 2.05) is 0 Å². The standard InChI is InChI=1S/4NO3.2N.Pt/c4*2-1(3)4;;;/q4*-1;;;+4. The van der Waals surface area contributed by atoms with E-state index in [0.29, 0.717) is 0 Å². The summed E-state index contributed by atoms with van der Waals surface area (Å²) in [6, 6.07) is 0. The maximum absolute atomic E-state index is 8.25. The van der Waals surface area contributed by atoms with Crippen molar-refractivity contribution >= 4 is 0 Å². The minimum Gasteiger partial charge on any atom is -0.356 e. The first-order chi connectivity index (χ1) is 6.93. The van der Waals surface area contributed by atoms with E-state index in [1.165, 1.54) is 0 Å². The van der Waals surface area contributed by atoms with E-state index in [2.05, 4.69) is 0 Å². The number of rotatable bonds is 0. The molecule has 0 aromatic heterocycles. The molecule has 0 aromatic carbocycles. The van der Waals surface area contributed by atoms with Gasteiger partial charge in [0, 0.05) is 12.3 Å². The van der Waals surface area contributed by atoms with Gasteiger partial charge in [0.1, 0.15) is 0 Å². The van der Waals surface area contributed by atoms with Crippen molar-refractivity contribution < 1.29 is 41.4 Å². The van der Waals surface area contributed by atoms with Crippen molar-refractivity contribution in [3.63, 3.8) is 0 Å². The van der Waals surface area contributed by atoms with E-state index in [-0.39, 0.29) is 33.4 Å². The van der Waals surface area contributed by atoms with Gasteiger partial charge in [0.05, 0.1) is 20.3 Å². The van der Waals surface area contributed by atoms with Gasteiger partial charge in [-0.3, -0.25) is 0 Å². The molecule has 0 saturated carbocycles. The van der Waals surface area contributed by atoms with Gasteiger partial charge in [0.25, 0.3) is 0 Å². The van der Waals surface area contributed by atoms with Gasteiger partial charge in [-0.1, -0.05) is 0 Å². The van der Waals surface area contributed by atoms with Crippen LogP contribution in [0.2, 0.25) is 0 Å². The van der Waals surface area contributed by atoms with Crippen LogP contribution in [0.3, 0.4) is 0 Å². The molecule has 0 unspecified atom stereocenters. The van der Waals surface area contributed by atoms with E-state index >= 15 is 0 Å². The summed E-state index contributed by atoms with van der Waals surface area (Å²) < 4.78 is 0. The summed E-state index contributed by atoms with van der Waals surface area (Å²) in [6.07, 6.45) is 0. The van der Waals surface area contributed by atoms with Crippen LogP contribution < -0.4 is 12.3 Å². The van der Waals surface area contributed by atoms with E-state index < -0.39 is 20.3 Å². The Labute approximate surface area is 116 Å². The Balaban J connectivity index is -0.0000000192. The Morgan fingerprint density at radius 1 is 0.421 bits per heavy atom. The number of hydrogen-bond donors (Lipinski definition) is 0. The van der Waals surface area contributed by atoms with Crippen LogP contribution in [0.1, 0.15) is 0 Å². The van der Waals surface area contributed by atoms with Gasteiger partial charge in [0.2, 0.25) is 0 Å². The third-order valence-electron chi connectivity index (χ3n) is 0. The van der Waals surface area contributed by atoms with Crippen molar-refractivity contribution in [1.29, 1.82) is 0 Å². The van der Waals surface area contributed by atoms with Crippen molar-refractivity contribution in [3.8, 4) is 0 Å². The molecule has 0 bridgehead atoms. The van der Waals surface area contributed by atoms with E-state index in [1.54, 1.807) is 0 Å². The minimum absolute atomic E-state index is 0. The molecule has 0 rings (SSSR count). The molecular formula is N6O12Pt. The smallest absolute Gasteiger partial charge is 0.356 e. The van der Waals surface area contributed by atoms with Crippen molar-refractivity contribution in [3.05, 3.63) is 61.3 Å². The minimum atomic E-state index is -1.75. The molecular weight excluding hydrogens is 471 g/mol. The summed E-state index contributed by atoms with van der Waals surface area (Å²) in [4.78, 5) is 33.0. The van der Waals surface area contributed by atoms with Gasteiger partial charge in [-0.2, -0.15) is 0 Å². The first kappa shape index (κ1) is 44.0. The molecule has 112 valence electrons. The van der Waals surface area contributed by atoms with E-state index in [0.717, 1.165) is 0 Å². The molecule has 6 radical (unpaired) electrons. The maximum Gasteiger partial charge on any atom is 4.00 e. The Bertz CT molecular complexity index is 162. The zero-order chi connectivity index (χ0) is 14.3. The fourth-order valence-electron chi connectivity index (χ4n) is 0. The summed E-state index contributed by atoms with van der Waals surface area (Å²) in [5.41, 5.74) is 0. The molecule has 19 heteroatoms. The van der Waals surface area contributed by atoms with Crippen LogP contribution in [0.4, 0.5) is 0 Å². The molecule has 0 N–H and O–H groups in total. The molecule has 19 heavy (non-hydrogen) atoms. The van der Waals surface area contributed by atoms with Crippen LogP contribution in [0, 0.1) is 61.3 Å². The Kier molecular flexibility index (Phi) is 83.7. The second-order valence-corrected chi connectivity index (χ2v) is 0.894. The van der Waals surface area contributed by atoms with Gasteiger partial charge in [-0.15, -0.1) is 0 Å². The van der Waals surface area contributed by atoms with Crippen LogP contribution in [0.5, 0.6) is 0 Å². The third-order valence-corrected chi connectivity index (χ3v) is 0. The molecule has 0 aliphatic heterocycles. The van der Waals surface area contributed by atoms with Crippen molar-refractivity contribution in [1.82, 2.24) is 12.3 Å². The van der Waals surface area contributed by atoms with Crippen molar-refractivity contribution in [2.45, 2.75) is 0 Å². The molecule has 18 nitrogen and oxygen atoms in total. The second kappa shape index (κ2) is 36.1. The molecule has 0 heterocycles. The average Bonchev–Trinajstić information content (AvgIpc) is 1.76. The monoisotopic (exact) mass is 471 g/mol. The molecule has 0 aliphatic rings. The topological polar surface area (TPSA) is 326 Å². The van der Waals surface area contributed by atoms with Gasteiger partial charge in [-0.25, -0.2) is 0 Å². The molecule has 0 atom stereocenters. The number of nitrogens with zero attached hydrogens (tertiary/aromatic N) is 6. The third kappa shape index (κ3) is 412. The fraction of sp³-hybridized carbons (Fsp3) is 0. The quantitative estimate of drug-likeness (QED) is 0.275. The van der Waals surface area contributed by atoms with Crippen LogP contribution in [0.15, 0.2) is 0 Å². The molecule has 0 amide bonds. The predicted molar refractivity (Wildman–Crippen MR) is 45.7 cm³/mol.